The Balaban J connectivity index is 1.40. The minimum atomic E-state index is -1.11. The lowest BCUT2D eigenvalue weighted by molar-refractivity contribution is -0.140. The van der Waals surface area contributed by atoms with E-state index in [4.69, 9.17) is 85.6 Å². The minimum Gasteiger partial charge on any atom is -0.482 e. The largest absolute Gasteiger partial charge is 0.482 e. The molecule has 0 spiro atoms. The van der Waals surface area contributed by atoms with E-state index in [0.29, 0.717) is 183 Å². The molecule has 1 aromatic rings. The molecule has 0 bridgehead atoms. The number of benzene rings is 1. The molecule has 0 saturated carbocycles. The Morgan fingerprint density at radius 2 is 0.780 bits per heavy atom. The maximum Gasteiger partial charge on any atom is 0.341 e. The number of rotatable bonds is 61. The molecule has 1 aromatic carbocycles. The van der Waals surface area contributed by atoms with E-state index in [1.807, 2.05) is 0 Å². The zero-order chi connectivity index (χ0) is 59.0. The van der Waals surface area contributed by atoms with Gasteiger partial charge in [-0.1, -0.05) is 12.1 Å². The normalized spacial score (nSPS) is 12.6. The Kier molecular flexibility index (Phi) is 48.3. The van der Waals surface area contributed by atoms with E-state index in [1.165, 1.54) is 12.2 Å². The van der Waals surface area contributed by atoms with Crippen LogP contribution >= 0.6 is 0 Å². The summed E-state index contributed by atoms with van der Waals surface area (Å²) in [6.45, 7) is 12.4. The molecule has 0 unspecified atom stereocenters. The molecule has 0 saturated heterocycles. The van der Waals surface area contributed by atoms with E-state index in [0.717, 1.165) is 4.90 Å². The van der Waals surface area contributed by atoms with E-state index in [-0.39, 0.29) is 77.8 Å². The summed E-state index contributed by atoms with van der Waals surface area (Å²) in [6.07, 6.45) is 2.50. The topological polar surface area (TPSA) is 319 Å². The number of carbonyl (C=O) groups excluding carboxylic acids is 5. The van der Waals surface area contributed by atoms with Crippen LogP contribution in [0.5, 0.6) is 5.75 Å². The maximum atomic E-state index is 13.3. The summed E-state index contributed by atoms with van der Waals surface area (Å²) >= 11 is 0. The average Bonchev–Trinajstić information content (AvgIpc) is 3.90. The third-order valence-electron chi connectivity index (χ3n) is 10.7. The second-order valence-electron chi connectivity index (χ2n) is 17.1. The van der Waals surface area contributed by atoms with Crippen LogP contribution in [-0.2, 0) is 111 Å². The summed E-state index contributed by atoms with van der Waals surface area (Å²) in [6, 6.07) is 5.63. The van der Waals surface area contributed by atoms with Gasteiger partial charge in [0.1, 0.15) is 11.8 Å². The summed E-state index contributed by atoms with van der Waals surface area (Å²) in [5.41, 5.74) is 0.706. The molecule has 0 aliphatic carbocycles. The number of carboxylic acid groups (broad SMARTS) is 1. The van der Waals surface area contributed by atoms with Crippen LogP contribution in [0.15, 0.2) is 36.4 Å². The number of aliphatic carboxylic acids is 1. The van der Waals surface area contributed by atoms with Gasteiger partial charge in [0.2, 0.25) is 17.7 Å². The number of carboxylic acids is 1. The number of ether oxygens (including phenoxy) is 17. The van der Waals surface area contributed by atoms with Gasteiger partial charge in [0.25, 0.3) is 11.8 Å². The summed E-state index contributed by atoms with van der Waals surface area (Å²) in [7, 11) is 1.63. The molecule has 82 heavy (non-hydrogen) atoms. The molecule has 0 fully saturated rings. The fourth-order valence-corrected chi connectivity index (χ4v) is 6.53. The van der Waals surface area contributed by atoms with Crippen molar-refractivity contribution < 1.29 is 114 Å². The van der Waals surface area contributed by atoms with Crippen LogP contribution in [0.4, 0.5) is 0 Å². The van der Waals surface area contributed by atoms with E-state index < -0.39 is 42.2 Å². The van der Waals surface area contributed by atoms with E-state index in [9.17, 15) is 28.8 Å². The van der Waals surface area contributed by atoms with Crippen LogP contribution < -0.4 is 20.7 Å². The zero-order valence-corrected chi connectivity index (χ0v) is 47.7. The highest BCUT2D eigenvalue weighted by atomic mass is 16.6. The number of methoxy groups -OCH3 is 1. The predicted molar refractivity (Wildman–Crippen MR) is 290 cm³/mol. The van der Waals surface area contributed by atoms with Crippen molar-refractivity contribution in [2.24, 2.45) is 0 Å². The van der Waals surface area contributed by atoms with Gasteiger partial charge in [-0.3, -0.25) is 28.9 Å². The van der Waals surface area contributed by atoms with Crippen LogP contribution in [-0.4, -0.2) is 290 Å². The van der Waals surface area contributed by atoms with Crippen LogP contribution in [0, 0.1) is 0 Å². The monoisotopic (exact) mass is 1180 g/mol. The lowest BCUT2D eigenvalue weighted by atomic mass is 10.0. The van der Waals surface area contributed by atoms with Gasteiger partial charge < -0.3 is 102 Å². The van der Waals surface area contributed by atoms with Crippen molar-refractivity contribution >= 4 is 35.5 Å². The van der Waals surface area contributed by atoms with Gasteiger partial charge in [-0.25, -0.2) is 4.79 Å². The number of amides is 5. The summed E-state index contributed by atoms with van der Waals surface area (Å²) in [4.78, 5) is 73.1. The lowest BCUT2D eigenvalue weighted by Gasteiger charge is -2.19. The van der Waals surface area contributed by atoms with E-state index >= 15 is 0 Å². The third-order valence-corrected chi connectivity index (χ3v) is 10.7. The molecule has 4 N–H and O–H groups in total. The Morgan fingerprint density at radius 3 is 1.15 bits per heavy atom. The highest BCUT2D eigenvalue weighted by molar-refractivity contribution is 6.13. The van der Waals surface area contributed by atoms with Crippen molar-refractivity contribution in [1.29, 1.82) is 0 Å². The fraction of sp³-hybridized carbons (Fsp3) is 0.741. The summed E-state index contributed by atoms with van der Waals surface area (Å²) in [5, 5.41) is 17.1. The van der Waals surface area contributed by atoms with Crippen molar-refractivity contribution in [2.45, 2.75) is 25.3 Å². The molecule has 470 valence electrons. The molecule has 1 aliphatic rings. The number of carbonyl (C=O) groups is 6. The van der Waals surface area contributed by atoms with Crippen LogP contribution in [0.2, 0.25) is 0 Å². The Bertz CT molecular complexity index is 1780. The van der Waals surface area contributed by atoms with Gasteiger partial charge in [0.05, 0.1) is 205 Å². The number of imide groups is 1. The SMILES string of the molecule is COCCOCCOCCOCCOCCOCCOCCOCCOCCOCCOCCOCCNC(=O)[C@H](Cc1ccc(OCC(=O)O)cc1)NC(=O)CCOCCOCCOCCOCCNC(=O)CCN1C(=O)C=CC1=O. The molecule has 28 nitrogen and oxygen atoms in total. The fourth-order valence-electron chi connectivity index (χ4n) is 6.53. The Hall–Kier alpha value is -4.86. The molecule has 0 aromatic heterocycles. The molecule has 1 atom stereocenters. The van der Waals surface area contributed by atoms with Crippen LogP contribution in [0.3, 0.4) is 0 Å². The van der Waals surface area contributed by atoms with E-state index in [1.54, 1.807) is 31.4 Å². The van der Waals surface area contributed by atoms with Crippen LogP contribution in [0.1, 0.15) is 18.4 Å². The maximum absolute atomic E-state index is 13.3. The molecule has 1 heterocycles. The van der Waals surface area contributed by atoms with Gasteiger partial charge in [0, 0.05) is 58.2 Å². The predicted octanol–water partition coefficient (Wildman–Crippen LogP) is -0.990. The van der Waals surface area contributed by atoms with Gasteiger partial charge in [-0.15, -0.1) is 0 Å². The first kappa shape index (κ1) is 73.2. The quantitative estimate of drug-likeness (QED) is 0.0450. The minimum absolute atomic E-state index is 0.00637. The molecule has 2 rings (SSSR count). The first-order chi connectivity index (χ1) is 40.2. The van der Waals surface area contributed by atoms with Gasteiger partial charge in [-0.2, -0.15) is 0 Å². The second kappa shape index (κ2) is 54.1. The van der Waals surface area contributed by atoms with Crippen molar-refractivity contribution in [1.82, 2.24) is 20.9 Å². The van der Waals surface area contributed by atoms with Crippen molar-refractivity contribution in [3.05, 3.63) is 42.0 Å². The van der Waals surface area contributed by atoms with Crippen molar-refractivity contribution in [3.63, 3.8) is 0 Å². The van der Waals surface area contributed by atoms with E-state index in [2.05, 4.69) is 16.0 Å². The Morgan fingerprint density at radius 1 is 0.439 bits per heavy atom. The molecular weight excluding hydrogens is 1090 g/mol. The summed E-state index contributed by atoms with van der Waals surface area (Å²) in [5.74, 6) is -2.73. The number of hydrogen-bond acceptors (Lipinski definition) is 23. The number of nitrogens with one attached hydrogen (secondary N) is 3. The third kappa shape index (κ3) is 44.7. The molecule has 1 aliphatic heterocycles. The second-order valence-corrected chi connectivity index (χ2v) is 17.1. The number of hydrogen-bond donors (Lipinski definition) is 4. The van der Waals surface area contributed by atoms with Crippen LogP contribution in [0.25, 0.3) is 0 Å². The average molecular weight is 1180 g/mol. The molecule has 0 radical (unpaired) electrons. The van der Waals surface area contributed by atoms with Gasteiger partial charge in [0.15, 0.2) is 6.61 Å². The Labute approximate surface area is 480 Å². The highest BCUT2D eigenvalue weighted by Crippen LogP contribution is 2.14. The molecule has 28 heteroatoms. The number of nitrogens with zero attached hydrogens (tertiary/aromatic N) is 1. The van der Waals surface area contributed by atoms with Gasteiger partial charge in [-0.05, 0) is 17.7 Å². The first-order valence-corrected chi connectivity index (χ1v) is 27.7. The highest BCUT2D eigenvalue weighted by Gasteiger charge is 2.24. The van der Waals surface area contributed by atoms with Crippen molar-refractivity contribution in [3.8, 4) is 5.75 Å². The molecular formula is C54H90N4O24. The lowest BCUT2D eigenvalue weighted by Crippen LogP contribution is -2.48. The first-order valence-electron chi connectivity index (χ1n) is 27.7. The zero-order valence-electron chi connectivity index (χ0n) is 47.7. The van der Waals surface area contributed by atoms with Crippen molar-refractivity contribution in [2.75, 3.05) is 238 Å². The molecule has 5 amide bonds. The summed E-state index contributed by atoms with van der Waals surface area (Å²) < 4.78 is 92.4. The standard InChI is InChI=1S/C54H90N4O24/c1-66-16-17-70-24-25-74-30-31-76-34-35-78-38-39-80-42-43-81-41-40-79-37-36-77-33-32-75-29-28-73-23-20-69-15-11-56-54(65)48(44-46-2-4-47(5-3-46)82-45-53(63)64)57-50(60)9-13-67-18-21-71-26-27-72-22-19-68-14-10-55-49(59)8-12-58-51(61)6-7-52(58)62/h2-7,48H,8-45H2,1H3,(H,55,59)(H,56,65)(H,57,60)(H,63,64)/t48-/m0/s1. The smallest absolute Gasteiger partial charge is 0.341 e. The van der Waals surface area contributed by atoms with Gasteiger partial charge >= 0.3 is 5.97 Å².